The summed E-state index contributed by atoms with van der Waals surface area (Å²) < 4.78 is 0. The second-order valence-corrected chi connectivity index (χ2v) is 8.75. The molecule has 1 aromatic heterocycles. The summed E-state index contributed by atoms with van der Waals surface area (Å²) in [5, 5.41) is 5.67. The number of carbonyl (C=O) groups is 2. The van der Waals surface area contributed by atoms with Crippen molar-refractivity contribution in [2.45, 2.75) is 19.9 Å². The molecule has 0 saturated carbocycles. The summed E-state index contributed by atoms with van der Waals surface area (Å²) in [6.07, 6.45) is 0.876. The molecule has 1 N–H and O–H groups in total. The van der Waals surface area contributed by atoms with Crippen LogP contribution in [0.3, 0.4) is 0 Å². The molecule has 4 nitrogen and oxygen atoms in total. The van der Waals surface area contributed by atoms with Gasteiger partial charge in [-0.3, -0.25) is 9.59 Å². The number of rotatable bonds is 3. The van der Waals surface area contributed by atoms with E-state index in [2.05, 4.69) is 16.8 Å². The molecule has 29 heavy (non-hydrogen) atoms. The number of amides is 2. The van der Waals surface area contributed by atoms with E-state index < -0.39 is 0 Å². The molecule has 0 aliphatic carbocycles. The van der Waals surface area contributed by atoms with Crippen LogP contribution in [0.1, 0.15) is 36.7 Å². The number of benzene rings is 2. The van der Waals surface area contributed by atoms with Crippen molar-refractivity contribution in [3.8, 4) is 0 Å². The molecular formula is C22H18Cl2N2O2S. The molecule has 1 aliphatic rings. The predicted octanol–water partition coefficient (Wildman–Crippen LogP) is 5.81. The third-order valence-electron chi connectivity index (χ3n) is 5.08. The highest BCUT2D eigenvalue weighted by Crippen LogP contribution is 2.28. The zero-order chi connectivity index (χ0) is 20.5. The Hall–Kier alpha value is -2.34. The summed E-state index contributed by atoms with van der Waals surface area (Å²) in [6.45, 7) is 3.15. The smallest absolute Gasteiger partial charge is 0.257 e. The van der Waals surface area contributed by atoms with Gasteiger partial charge in [0.25, 0.3) is 11.8 Å². The van der Waals surface area contributed by atoms with Gasteiger partial charge in [0.15, 0.2) is 0 Å². The maximum absolute atomic E-state index is 13.1. The first-order valence-corrected chi connectivity index (χ1v) is 10.8. The van der Waals surface area contributed by atoms with Crippen molar-refractivity contribution in [3.05, 3.63) is 85.0 Å². The van der Waals surface area contributed by atoms with Gasteiger partial charge in [-0.2, -0.15) is 0 Å². The lowest BCUT2D eigenvalue weighted by molar-refractivity contribution is 0.0735. The van der Waals surface area contributed by atoms with Gasteiger partial charge in [-0.05, 0) is 66.2 Å². The summed E-state index contributed by atoms with van der Waals surface area (Å²) in [5.41, 5.74) is 3.38. The Bertz CT molecular complexity index is 1110. The average Bonchev–Trinajstić information content (AvgIpc) is 3.18. The Morgan fingerprint density at radius 2 is 1.93 bits per heavy atom. The van der Waals surface area contributed by atoms with Crippen molar-refractivity contribution in [1.29, 1.82) is 0 Å². The fourth-order valence-electron chi connectivity index (χ4n) is 3.46. The molecule has 0 radical (unpaired) electrons. The number of hydrogen-bond donors (Lipinski definition) is 1. The van der Waals surface area contributed by atoms with Crippen LogP contribution < -0.4 is 5.32 Å². The second-order valence-electron chi connectivity index (χ2n) is 6.90. The topological polar surface area (TPSA) is 49.4 Å². The van der Waals surface area contributed by atoms with E-state index in [9.17, 15) is 9.59 Å². The van der Waals surface area contributed by atoms with Crippen LogP contribution >= 0.6 is 34.5 Å². The van der Waals surface area contributed by atoms with E-state index in [1.165, 1.54) is 16.5 Å². The summed E-state index contributed by atoms with van der Waals surface area (Å²) >= 11 is 13.9. The van der Waals surface area contributed by atoms with E-state index in [0.29, 0.717) is 34.4 Å². The van der Waals surface area contributed by atoms with Crippen LogP contribution in [0, 0.1) is 6.92 Å². The van der Waals surface area contributed by atoms with Gasteiger partial charge in [0.05, 0.1) is 10.6 Å². The predicted molar refractivity (Wildman–Crippen MR) is 118 cm³/mol. The minimum atomic E-state index is -0.369. The summed E-state index contributed by atoms with van der Waals surface area (Å²) in [5.74, 6) is -0.401. The first-order chi connectivity index (χ1) is 13.9. The Balaban J connectivity index is 1.57. The Kier molecular flexibility index (Phi) is 5.63. The number of thiophene rings is 1. The highest BCUT2D eigenvalue weighted by Gasteiger charge is 2.24. The SMILES string of the molecule is Cc1c(NC(=O)c2cc(Cl)ccc2Cl)cccc1C(=O)N1CCc2sccc2C1. The molecule has 1 aliphatic heterocycles. The van der Waals surface area contributed by atoms with E-state index in [0.717, 1.165) is 12.0 Å². The highest BCUT2D eigenvalue weighted by molar-refractivity contribution is 7.10. The number of halogens is 2. The van der Waals surface area contributed by atoms with Gasteiger partial charge < -0.3 is 10.2 Å². The molecule has 0 fully saturated rings. The van der Waals surface area contributed by atoms with Gasteiger partial charge in [-0.15, -0.1) is 11.3 Å². The minimum Gasteiger partial charge on any atom is -0.334 e. The van der Waals surface area contributed by atoms with Crippen LogP contribution in [0.5, 0.6) is 0 Å². The van der Waals surface area contributed by atoms with E-state index in [-0.39, 0.29) is 17.4 Å². The number of fused-ring (bicyclic) bond motifs is 1. The largest absolute Gasteiger partial charge is 0.334 e. The standard InChI is InChI=1S/C22H18Cl2N2O2S/c1-13-16(22(28)26-9-7-20-14(12-26)8-10-29-20)3-2-4-19(13)25-21(27)17-11-15(23)5-6-18(17)24/h2-6,8,10-11H,7,9,12H2,1H3,(H,25,27). The summed E-state index contributed by atoms with van der Waals surface area (Å²) in [6, 6.07) is 12.2. The van der Waals surface area contributed by atoms with Gasteiger partial charge in [0, 0.05) is 34.2 Å². The van der Waals surface area contributed by atoms with Crippen LogP contribution in [0.15, 0.2) is 47.8 Å². The van der Waals surface area contributed by atoms with Crippen LogP contribution in [0.2, 0.25) is 10.0 Å². The van der Waals surface area contributed by atoms with Crippen molar-refractivity contribution in [2.24, 2.45) is 0 Å². The van der Waals surface area contributed by atoms with Crippen LogP contribution in [0.25, 0.3) is 0 Å². The van der Waals surface area contributed by atoms with E-state index in [1.807, 2.05) is 11.8 Å². The van der Waals surface area contributed by atoms with E-state index in [1.54, 1.807) is 41.7 Å². The molecule has 4 rings (SSSR count). The van der Waals surface area contributed by atoms with Crippen molar-refractivity contribution >= 4 is 52.0 Å². The number of anilines is 1. The Labute approximate surface area is 183 Å². The first-order valence-electron chi connectivity index (χ1n) is 9.14. The average molecular weight is 445 g/mol. The molecule has 0 saturated heterocycles. The molecule has 2 aromatic carbocycles. The minimum absolute atomic E-state index is 0.0313. The van der Waals surface area contributed by atoms with Gasteiger partial charge >= 0.3 is 0 Å². The van der Waals surface area contributed by atoms with Crippen molar-refractivity contribution in [1.82, 2.24) is 4.90 Å². The van der Waals surface area contributed by atoms with Gasteiger partial charge in [0.2, 0.25) is 0 Å². The van der Waals surface area contributed by atoms with Gasteiger partial charge in [-0.1, -0.05) is 29.3 Å². The fraction of sp³-hybridized carbons (Fsp3) is 0.182. The van der Waals surface area contributed by atoms with Crippen molar-refractivity contribution in [2.75, 3.05) is 11.9 Å². The molecule has 0 unspecified atom stereocenters. The first kappa shape index (κ1) is 20.0. The normalized spacial score (nSPS) is 13.1. The zero-order valence-electron chi connectivity index (χ0n) is 15.7. The van der Waals surface area contributed by atoms with Crippen LogP contribution in [0.4, 0.5) is 5.69 Å². The monoisotopic (exact) mass is 444 g/mol. The molecule has 0 atom stereocenters. The maximum atomic E-state index is 13.1. The van der Waals surface area contributed by atoms with Crippen LogP contribution in [-0.2, 0) is 13.0 Å². The molecule has 0 bridgehead atoms. The lowest BCUT2D eigenvalue weighted by atomic mass is 10.0. The number of carbonyl (C=O) groups excluding carboxylic acids is 2. The fourth-order valence-corrected chi connectivity index (χ4v) is 4.72. The maximum Gasteiger partial charge on any atom is 0.257 e. The van der Waals surface area contributed by atoms with Crippen molar-refractivity contribution < 1.29 is 9.59 Å². The van der Waals surface area contributed by atoms with Crippen molar-refractivity contribution in [3.63, 3.8) is 0 Å². The number of hydrogen-bond acceptors (Lipinski definition) is 3. The summed E-state index contributed by atoms with van der Waals surface area (Å²) in [7, 11) is 0. The Morgan fingerprint density at radius 3 is 2.76 bits per heavy atom. The number of nitrogens with one attached hydrogen (secondary N) is 1. The molecule has 7 heteroatoms. The lowest BCUT2D eigenvalue weighted by Crippen LogP contribution is -2.35. The molecule has 0 spiro atoms. The molecule has 2 heterocycles. The zero-order valence-corrected chi connectivity index (χ0v) is 18.0. The van der Waals surface area contributed by atoms with Gasteiger partial charge in [0.1, 0.15) is 0 Å². The number of nitrogens with zero attached hydrogens (tertiary/aromatic N) is 1. The molecular weight excluding hydrogens is 427 g/mol. The van der Waals surface area contributed by atoms with E-state index in [4.69, 9.17) is 23.2 Å². The second kappa shape index (κ2) is 8.19. The quantitative estimate of drug-likeness (QED) is 0.553. The highest BCUT2D eigenvalue weighted by atomic mass is 35.5. The van der Waals surface area contributed by atoms with Gasteiger partial charge in [-0.25, -0.2) is 0 Å². The molecule has 148 valence electrons. The third kappa shape index (κ3) is 4.04. The Morgan fingerprint density at radius 1 is 1.10 bits per heavy atom. The third-order valence-corrected chi connectivity index (χ3v) is 6.67. The molecule has 3 aromatic rings. The van der Waals surface area contributed by atoms with E-state index >= 15 is 0 Å². The molecule has 2 amide bonds. The van der Waals surface area contributed by atoms with Crippen LogP contribution in [-0.4, -0.2) is 23.3 Å². The summed E-state index contributed by atoms with van der Waals surface area (Å²) in [4.78, 5) is 29.0. The lowest BCUT2D eigenvalue weighted by Gasteiger charge is -2.28.